The van der Waals surface area contributed by atoms with Gasteiger partial charge in [-0.05, 0) is 36.2 Å². The molecule has 0 bridgehead atoms. The van der Waals surface area contributed by atoms with Crippen LogP contribution in [0.5, 0.6) is 0 Å². The van der Waals surface area contributed by atoms with Gasteiger partial charge in [0.15, 0.2) is 11.2 Å². The molecule has 1 aliphatic rings. The molecule has 8 nitrogen and oxygen atoms in total. The molecular weight excluding hydrogens is 452 g/mol. The number of aromatic nitrogens is 4. The average molecular weight is 479 g/mol. The third kappa shape index (κ3) is 3.77. The van der Waals surface area contributed by atoms with E-state index < -0.39 is 0 Å². The fraction of sp³-hybridized carbons (Fsp3) is 0.320. The lowest BCUT2D eigenvalue weighted by Gasteiger charge is -2.36. The number of hydrogen-bond donors (Lipinski definition) is 0. The number of nitrogens with zero attached hydrogens (tertiary/aromatic N) is 6. The van der Waals surface area contributed by atoms with Crippen LogP contribution in [0.25, 0.3) is 11.2 Å². The molecule has 0 saturated carbocycles. The van der Waals surface area contributed by atoms with Crippen LogP contribution < -0.4 is 21.0 Å². The molecule has 0 radical (unpaired) electrons. The van der Waals surface area contributed by atoms with E-state index in [0.29, 0.717) is 23.7 Å². The van der Waals surface area contributed by atoms with Gasteiger partial charge >= 0.3 is 5.69 Å². The van der Waals surface area contributed by atoms with Gasteiger partial charge in [0.25, 0.3) is 5.56 Å². The lowest BCUT2D eigenvalue weighted by molar-refractivity contribution is 0.625. The molecule has 0 N–H and O–H groups in total. The van der Waals surface area contributed by atoms with Crippen LogP contribution in [0, 0.1) is 6.92 Å². The zero-order valence-electron chi connectivity index (χ0n) is 19.5. The van der Waals surface area contributed by atoms with E-state index in [2.05, 4.69) is 34.9 Å². The minimum absolute atomic E-state index is 0.331. The lowest BCUT2D eigenvalue weighted by Crippen LogP contribution is -2.47. The van der Waals surface area contributed by atoms with Crippen molar-refractivity contribution in [3.8, 4) is 0 Å². The summed E-state index contributed by atoms with van der Waals surface area (Å²) in [5.41, 5.74) is 3.49. The quantitative estimate of drug-likeness (QED) is 0.451. The standard InChI is InChI=1S/C25H27ClN6O2/c1-17-7-4-5-8-18(17)16-32-21-22(28(2)25(34)29(3)23(21)33)27-24(32)31-13-11-30(12-14-31)20-10-6-9-19(26)15-20/h4-10,15H,11-14,16H2,1-3H3. The van der Waals surface area contributed by atoms with E-state index in [0.717, 1.165) is 52.6 Å². The van der Waals surface area contributed by atoms with Crippen molar-refractivity contribution >= 4 is 34.4 Å². The third-order valence-electron chi connectivity index (χ3n) is 6.65. The first kappa shape index (κ1) is 22.3. The number of aryl methyl sites for hydroxylation is 2. The Morgan fingerprint density at radius 3 is 2.32 bits per heavy atom. The second-order valence-corrected chi connectivity index (χ2v) is 9.19. The summed E-state index contributed by atoms with van der Waals surface area (Å²) >= 11 is 6.19. The van der Waals surface area contributed by atoms with Crippen molar-refractivity contribution in [3.63, 3.8) is 0 Å². The summed E-state index contributed by atoms with van der Waals surface area (Å²) < 4.78 is 4.57. The van der Waals surface area contributed by atoms with E-state index in [1.807, 2.05) is 34.9 Å². The highest BCUT2D eigenvalue weighted by molar-refractivity contribution is 6.30. The summed E-state index contributed by atoms with van der Waals surface area (Å²) in [4.78, 5) is 35.1. The first-order chi connectivity index (χ1) is 16.3. The highest BCUT2D eigenvalue weighted by atomic mass is 35.5. The molecule has 1 saturated heterocycles. The maximum atomic E-state index is 13.2. The SMILES string of the molecule is Cc1ccccc1Cn1c(N2CCN(c3cccc(Cl)c3)CC2)nc2c1c(=O)n(C)c(=O)n2C. The van der Waals surface area contributed by atoms with Crippen molar-refractivity contribution in [2.45, 2.75) is 13.5 Å². The number of rotatable bonds is 4. The summed E-state index contributed by atoms with van der Waals surface area (Å²) in [5, 5.41) is 0.719. The van der Waals surface area contributed by atoms with Gasteiger partial charge in [0.05, 0.1) is 6.54 Å². The Kier molecular flexibility index (Phi) is 5.69. The fourth-order valence-corrected chi connectivity index (χ4v) is 4.81. The minimum Gasteiger partial charge on any atom is -0.368 e. The van der Waals surface area contributed by atoms with Gasteiger partial charge in [0.2, 0.25) is 5.95 Å². The molecular formula is C25H27ClN6O2. The zero-order valence-corrected chi connectivity index (χ0v) is 20.3. The molecule has 0 aliphatic carbocycles. The molecule has 0 atom stereocenters. The van der Waals surface area contributed by atoms with Crippen LogP contribution in [-0.4, -0.2) is 44.9 Å². The van der Waals surface area contributed by atoms with Crippen molar-refractivity contribution in [1.82, 2.24) is 18.7 Å². The molecule has 2 aromatic carbocycles. The molecule has 0 amide bonds. The van der Waals surface area contributed by atoms with E-state index >= 15 is 0 Å². The molecule has 4 aromatic rings. The van der Waals surface area contributed by atoms with E-state index in [4.69, 9.17) is 16.6 Å². The lowest BCUT2D eigenvalue weighted by atomic mass is 10.1. The number of hydrogen-bond acceptors (Lipinski definition) is 5. The maximum absolute atomic E-state index is 13.2. The van der Waals surface area contributed by atoms with Crippen LogP contribution in [0.3, 0.4) is 0 Å². The average Bonchev–Trinajstić information content (AvgIpc) is 3.22. The molecule has 176 valence electrons. The van der Waals surface area contributed by atoms with Gasteiger partial charge in [-0.3, -0.25) is 18.5 Å². The highest BCUT2D eigenvalue weighted by Gasteiger charge is 2.26. The molecule has 5 rings (SSSR count). The van der Waals surface area contributed by atoms with Gasteiger partial charge in [-0.15, -0.1) is 0 Å². The molecule has 2 aromatic heterocycles. The molecule has 9 heteroatoms. The van der Waals surface area contributed by atoms with E-state index in [1.54, 1.807) is 7.05 Å². The van der Waals surface area contributed by atoms with Gasteiger partial charge in [-0.25, -0.2) is 4.79 Å². The van der Waals surface area contributed by atoms with Crippen LogP contribution in [0.15, 0.2) is 58.1 Å². The Morgan fingerprint density at radius 1 is 0.912 bits per heavy atom. The fourth-order valence-electron chi connectivity index (χ4n) is 4.62. The van der Waals surface area contributed by atoms with Crippen LogP contribution in [0.4, 0.5) is 11.6 Å². The monoisotopic (exact) mass is 478 g/mol. The predicted molar refractivity (Wildman–Crippen MR) is 136 cm³/mol. The zero-order chi connectivity index (χ0) is 24.0. The number of fused-ring (bicyclic) bond motifs is 1. The second-order valence-electron chi connectivity index (χ2n) is 8.76. The summed E-state index contributed by atoms with van der Waals surface area (Å²) in [7, 11) is 3.18. The van der Waals surface area contributed by atoms with Crippen molar-refractivity contribution in [3.05, 3.63) is 85.5 Å². The number of imidazole rings is 1. The minimum atomic E-state index is -0.379. The van der Waals surface area contributed by atoms with Gasteiger partial charge < -0.3 is 9.80 Å². The van der Waals surface area contributed by atoms with Crippen molar-refractivity contribution in [2.24, 2.45) is 14.1 Å². The van der Waals surface area contributed by atoms with Gasteiger partial charge in [-0.2, -0.15) is 4.98 Å². The first-order valence-electron chi connectivity index (χ1n) is 11.3. The van der Waals surface area contributed by atoms with Crippen LogP contribution >= 0.6 is 11.6 Å². The van der Waals surface area contributed by atoms with Crippen molar-refractivity contribution < 1.29 is 0 Å². The van der Waals surface area contributed by atoms with E-state index in [9.17, 15) is 9.59 Å². The number of anilines is 2. The molecule has 0 unspecified atom stereocenters. The predicted octanol–water partition coefficient (Wildman–Crippen LogP) is 2.77. The Morgan fingerprint density at radius 2 is 1.62 bits per heavy atom. The van der Waals surface area contributed by atoms with Crippen molar-refractivity contribution in [2.75, 3.05) is 36.0 Å². The number of piperazine rings is 1. The third-order valence-corrected chi connectivity index (χ3v) is 6.89. The van der Waals surface area contributed by atoms with Gasteiger partial charge in [-0.1, -0.05) is 41.9 Å². The highest BCUT2D eigenvalue weighted by Crippen LogP contribution is 2.26. The Bertz CT molecular complexity index is 1490. The molecule has 34 heavy (non-hydrogen) atoms. The second kappa shape index (κ2) is 8.68. The normalized spacial score (nSPS) is 14.2. The molecule has 1 fully saturated rings. The van der Waals surface area contributed by atoms with Gasteiger partial charge in [0, 0.05) is 51.0 Å². The molecule has 3 heterocycles. The summed E-state index contributed by atoms with van der Waals surface area (Å²) in [6.45, 7) is 5.62. The summed E-state index contributed by atoms with van der Waals surface area (Å²) in [5.74, 6) is 0.710. The molecule has 1 aliphatic heterocycles. The van der Waals surface area contributed by atoms with Crippen LogP contribution in [0.1, 0.15) is 11.1 Å². The summed E-state index contributed by atoms with van der Waals surface area (Å²) in [6, 6.07) is 16.0. The van der Waals surface area contributed by atoms with Crippen LogP contribution in [-0.2, 0) is 20.6 Å². The number of halogens is 1. The largest absolute Gasteiger partial charge is 0.368 e. The summed E-state index contributed by atoms with van der Waals surface area (Å²) in [6.07, 6.45) is 0. The molecule has 0 spiro atoms. The first-order valence-corrected chi connectivity index (χ1v) is 11.7. The Hall–Kier alpha value is -3.52. The topological polar surface area (TPSA) is 68.3 Å². The van der Waals surface area contributed by atoms with Crippen LogP contribution in [0.2, 0.25) is 5.02 Å². The maximum Gasteiger partial charge on any atom is 0.332 e. The Labute approximate surface area is 202 Å². The number of benzene rings is 2. The van der Waals surface area contributed by atoms with E-state index in [-0.39, 0.29) is 11.2 Å². The van der Waals surface area contributed by atoms with Crippen molar-refractivity contribution in [1.29, 1.82) is 0 Å². The Balaban J connectivity index is 1.57. The smallest absolute Gasteiger partial charge is 0.332 e. The van der Waals surface area contributed by atoms with Gasteiger partial charge in [0.1, 0.15) is 0 Å². The van der Waals surface area contributed by atoms with E-state index in [1.165, 1.54) is 11.6 Å².